The second kappa shape index (κ2) is 4.70. The van der Waals surface area contributed by atoms with Crippen LogP contribution in [-0.2, 0) is 4.79 Å². The van der Waals surface area contributed by atoms with E-state index >= 15 is 0 Å². The Balaban J connectivity index is 4.09. The molecule has 3 nitrogen and oxygen atoms in total. The van der Waals surface area contributed by atoms with E-state index in [-0.39, 0.29) is 5.78 Å². The highest BCUT2D eigenvalue weighted by atomic mass is 16.1. The van der Waals surface area contributed by atoms with Gasteiger partial charge in [0.25, 0.3) is 0 Å². The molecule has 0 atom stereocenters. The number of Topliss-reactive ketones (excluding diaryl/α,β-unsaturated/α-hetero) is 1. The van der Waals surface area contributed by atoms with Crippen molar-refractivity contribution in [1.82, 2.24) is 5.01 Å². The van der Waals surface area contributed by atoms with Gasteiger partial charge in [0.2, 0.25) is 0 Å². The molecule has 0 aromatic rings. The molecule has 0 N–H and O–H groups in total. The van der Waals surface area contributed by atoms with Gasteiger partial charge in [0.1, 0.15) is 0 Å². The molecule has 0 amide bonds. The zero-order valence-corrected chi connectivity index (χ0v) is 8.22. The molecule has 0 rings (SSSR count). The number of hydrogen-bond donors (Lipinski definition) is 0. The summed E-state index contributed by atoms with van der Waals surface area (Å²) >= 11 is 0. The van der Waals surface area contributed by atoms with Crippen molar-refractivity contribution in [3.8, 4) is 0 Å². The van der Waals surface area contributed by atoms with Crippen LogP contribution in [0, 0.1) is 0 Å². The first kappa shape index (κ1) is 10.9. The molecule has 68 valence electrons. The van der Waals surface area contributed by atoms with Gasteiger partial charge in [0.15, 0.2) is 5.78 Å². The van der Waals surface area contributed by atoms with Crippen molar-refractivity contribution in [2.45, 2.75) is 20.3 Å². The van der Waals surface area contributed by atoms with Gasteiger partial charge < -0.3 is 5.01 Å². The lowest BCUT2D eigenvalue weighted by atomic mass is 10.1. The molecule has 0 aromatic carbocycles. The number of hydrazone groups is 1. The van der Waals surface area contributed by atoms with Crippen molar-refractivity contribution in [3.63, 3.8) is 0 Å². The topological polar surface area (TPSA) is 32.7 Å². The first-order valence-corrected chi connectivity index (χ1v) is 3.83. The second-order valence-electron chi connectivity index (χ2n) is 3.06. The fraction of sp³-hybridized carbons (Fsp3) is 0.556. The lowest BCUT2D eigenvalue weighted by molar-refractivity contribution is -0.114. The molecule has 0 aliphatic rings. The third kappa shape index (κ3) is 4.66. The summed E-state index contributed by atoms with van der Waals surface area (Å²) in [5, 5.41) is 5.77. The third-order valence-corrected chi connectivity index (χ3v) is 1.26. The molecule has 0 aromatic heterocycles. The van der Waals surface area contributed by atoms with E-state index in [1.54, 1.807) is 11.9 Å². The van der Waals surface area contributed by atoms with Gasteiger partial charge in [0.05, 0.1) is 6.42 Å². The molecular weight excluding hydrogens is 152 g/mol. The number of ketones is 1. The van der Waals surface area contributed by atoms with E-state index in [1.807, 2.05) is 21.0 Å². The van der Waals surface area contributed by atoms with Crippen LogP contribution in [0.15, 0.2) is 17.3 Å². The molecule has 3 heteroatoms. The Hall–Kier alpha value is -1.12. The maximum atomic E-state index is 11.1. The van der Waals surface area contributed by atoms with Gasteiger partial charge in [0, 0.05) is 19.8 Å². The lowest BCUT2D eigenvalue weighted by Gasteiger charge is -2.06. The van der Waals surface area contributed by atoms with Gasteiger partial charge in [-0.25, -0.2) is 0 Å². The molecule has 0 spiro atoms. The van der Waals surface area contributed by atoms with Gasteiger partial charge in [-0.3, -0.25) is 4.79 Å². The molecule has 0 heterocycles. The first-order chi connectivity index (χ1) is 5.43. The van der Waals surface area contributed by atoms with E-state index in [4.69, 9.17) is 0 Å². The number of nitrogens with zero attached hydrogens (tertiary/aromatic N) is 2. The number of carbonyl (C=O) groups is 1. The van der Waals surface area contributed by atoms with Gasteiger partial charge in [-0.2, -0.15) is 5.10 Å². The molecule has 0 fully saturated rings. The minimum absolute atomic E-state index is 0.0538. The molecular formula is C9H16N2O. The van der Waals surface area contributed by atoms with Crippen LogP contribution in [0.4, 0.5) is 0 Å². The zero-order valence-electron chi connectivity index (χ0n) is 8.22. The Morgan fingerprint density at radius 3 is 2.25 bits per heavy atom. The summed E-state index contributed by atoms with van der Waals surface area (Å²) in [5.41, 5.74) is 1.40. The number of hydrogen-bond acceptors (Lipinski definition) is 3. The highest BCUT2D eigenvalue weighted by molar-refractivity contribution is 6.07. The van der Waals surface area contributed by atoms with Crippen LogP contribution >= 0.6 is 0 Å². The summed E-state index contributed by atoms with van der Waals surface area (Å²) in [6, 6.07) is 0. The van der Waals surface area contributed by atoms with Crippen molar-refractivity contribution in [1.29, 1.82) is 0 Å². The molecule has 0 radical (unpaired) electrons. The number of carbonyl (C=O) groups excluding carboxylic acids is 1. The van der Waals surface area contributed by atoms with Crippen LogP contribution in [0.2, 0.25) is 0 Å². The fourth-order valence-electron chi connectivity index (χ4n) is 0.760. The quantitative estimate of drug-likeness (QED) is 0.361. The molecule has 0 saturated carbocycles. The average molecular weight is 168 g/mol. The number of rotatable bonds is 4. The Morgan fingerprint density at radius 1 is 1.42 bits per heavy atom. The Bertz CT molecular complexity index is 217. The van der Waals surface area contributed by atoms with Crippen LogP contribution in [0.1, 0.15) is 20.3 Å². The minimum atomic E-state index is 0.0538. The molecule has 12 heavy (non-hydrogen) atoms. The maximum Gasteiger partial charge on any atom is 0.163 e. The molecule has 0 saturated heterocycles. The third-order valence-electron chi connectivity index (χ3n) is 1.26. The van der Waals surface area contributed by atoms with Gasteiger partial charge >= 0.3 is 0 Å². The highest BCUT2D eigenvalue weighted by Crippen LogP contribution is 1.97. The van der Waals surface area contributed by atoms with Crippen molar-refractivity contribution in [3.05, 3.63) is 12.2 Å². The van der Waals surface area contributed by atoms with E-state index in [0.29, 0.717) is 12.0 Å². The Kier molecular flexibility index (Phi) is 4.26. The second-order valence-corrected chi connectivity index (χ2v) is 3.06. The smallest absolute Gasteiger partial charge is 0.163 e. The first-order valence-electron chi connectivity index (χ1n) is 3.83. The predicted octanol–water partition coefficient (Wildman–Crippen LogP) is 1.46. The minimum Gasteiger partial charge on any atom is -0.303 e. The number of allylic oxidation sites excluding steroid dienone is 1. The van der Waals surface area contributed by atoms with Crippen LogP contribution < -0.4 is 0 Å². The van der Waals surface area contributed by atoms with E-state index < -0.39 is 0 Å². The van der Waals surface area contributed by atoms with Crippen LogP contribution in [0.3, 0.4) is 0 Å². The fourth-order valence-corrected chi connectivity index (χ4v) is 0.760. The Labute approximate surface area is 73.8 Å². The Morgan fingerprint density at radius 2 is 1.92 bits per heavy atom. The lowest BCUT2D eigenvalue weighted by Crippen LogP contribution is -2.10. The van der Waals surface area contributed by atoms with Crippen molar-refractivity contribution >= 4 is 11.5 Å². The summed E-state index contributed by atoms with van der Waals surface area (Å²) in [6.07, 6.45) is 0.369. The predicted molar refractivity (Wildman–Crippen MR) is 51.2 cm³/mol. The van der Waals surface area contributed by atoms with Crippen LogP contribution in [-0.4, -0.2) is 30.6 Å². The summed E-state index contributed by atoms with van der Waals surface area (Å²) in [5.74, 6) is 0.0538. The molecule has 0 aliphatic heterocycles. The van der Waals surface area contributed by atoms with Crippen molar-refractivity contribution in [2.75, 3.05) is 14.1 Å². The monoisotopic (exact) mass is 168 g/mol. The summed E-state index contributed by atoms with van der Waals surface area (Å²) in [4.78, 5) is 11.1. The van der Waals surface area contributed by atoms with Crippen LogP contribution in [0.25, 0.3) is 0 Å². The largest absolute Gasteiger partial charge is 0.303 e. The van der Waals surface area contributed by atoms with Gasteiger partial charge in [-0.05, 0) is 19.4 Å². The van der Waals surface area contributed by atoms with Crippen molar-refractivity contribution in [2.24, 2.45) is 5.10 Å². The maximum absolute atomic E-state index is 11.1. The van der Waals surface area contributed by atoms with Crippen molar-refractivity contribution < 1.29 is 4.79 Å². The molecule has 0 bridgehead atoms. The van der Waals surface area contributed by atoms with E-state index in [9.17, 15) is 4.79 Å². The summed E-state index contributed by atoms with van der Waals surface area (Å²) in [6.45, 7) is 7.12. The van der Waals surface area contributed by atoms with E-state index in [2.05, 4.69) is 11.7 Å². The van der Waals surface area contributed by atoms with E-state index in [0.717, 1.165) is 5.71 Å². The van der Waals surface area contributed by atoms with Gasteiger partial charge in [-0.1, -0.05) is 6.58 Å². The summed E-state index contributed by atoms with van der Waals surface area (Å²) < 4.78 is 0. The normalized spacial score (nSPS) is 11.2. The average Bonchev–Trinajstić information content (AvgIpc) is 1.84. The SMILES string of the molecule is C=C(C)C(=O)CC(C)=NN(C)C. The highest BCUT2D eigenvalue weighted by Gasteiger charge is 2.04. The zero-order chi connectivity index (χ0) is 9.72. The standard InChI is InChI=1S/C9H16N2O/c1-7(2)9(12)6-8(3)10-11(4)5/h1,6H2,2-5H3. The van der Waals surface area contributed by atoms with E-state index in [1.165, 1.54) is 0 Å². The van der Waals surface area contributed by atoms with Gasteiger partial charge in [-0.15, -0.1) is 0 Å². The summed E-state index contributed by atoms with van der Waals surface area (Å²) in [7, 11) is 3.66. The molecule has 0 unspecified atom stereocenters. The molecule has 0 aliphatic carbocycles. The van der Waals surface area contributed by atoms with Crippen LogP contribution in [0.5, 0.6) is 0 Å².